The lowest BCUT2D eigenvalue weighted by Crippen LogP contribution is -2.40. The molecule has 1 unspecified atom stereocenters. The molecule has 82 valence electrons. The van der Waals surface area contributed by atoms with E-state index in [2.05, 4.69) is 4.74 Å². The Balaban J connectivity index is 2.97. The fourth-order valence-electron chi connectivity index (χ4n) is 1.43. The lowest BCUT2D eigenvalue weighted by molar-refractivity contribution is -0.153. The fourth-order valence-corrected chi connectivity index (χ4v) is 1.43. The third-order valence-electron chi connectivity index (χ3n) is 2.63. The summed E-state index contributed by atoms with van der Waals surface area (Å²) in [6, 6.07) is 9.41. The van der Waals surface area contributed by atoms with E-state index in [1.807, 2.05) is 44.2 Å². The molecule has 0 saturated carbocycles. The number of esters is 1. The number of benzene rings is 1. The van der Waals surface area contributed by atoms with E-state index >= 15 is 0 Å². The highest BCUT2D eigenvalue weighted by Gasteiger charge is 2.35. The third-order valence-corrected chi connectivity index (χ3v) is 2.63. The van der Waals surface area contributed by atoms with Gasteiger partial charge in [-0.1, -0.05) is 44.2 Å². The van der Waals surface area contributed by atoms with Crippen molar-refractivity contribution in [2.75, 3.05) is 7.11 Å². The van der Waals surface area contributed by atoms with Crippen molar-refractivity contribution in [3.8, 4) is 0 Å². The van der Waals surface area contributed by atoms with Gasteiger partial charge < -0.3 is 9.84 Å². The molecule has 0 aliphatic heterocycles. The molecule has 1 aromatic carbocycles. The van der Waals surface area contributed by atoms with Crippen LogP contribution in [0.15, 0.2) is 30.3 Å². The van der Waals surface area contributed by atoms with Crippen LogP contribution >= 0.6 is 0 Å². The van der Waals surface area contributed by atoms with Crippen LogP contribution in [0.1, 0.15) is 19.4 Å². The average Bonchev–Trinajstić information content (AvgIpc) is 2.28. The number of carbonyl (C=O) groups is 1. The summed E-state index contributed by atoms with van der Waals surface area (Å²) in [6.45, 7) is 3.62. The molecule has 0 radical (unpaired) electrons. The Bertz CT molecular complexity index is 330. The fraction of sp³-hybridized carbons (Fsp3) is 0.417. The monoisotopic (exact) mass is 208 g/mol. The van der Waals surface area contributed by atoms with Crippen molar-refractivity contribution in [1.29, 1.82) is 0 Å². The van der Waals surface area contributed by atoms with Gasteiger partial charge in [-0.2, -0.15) is 0 Å². The minimum atomic E-state index is -1.15. The predicted molar refractivity (Wildman–Crippen MR) is 57.5 cm³/mol. The van der Waals surface area contributed by atoms with Gasteiger partial charge in [-0.3, -0.25) is 0 Å². The highest BCUT2D eigenvalue weighted by Crippen LogP contribution is 2.27. The van der Waals surface area contributed by atoms with Gasteiger partial charge in [-0.05, 0) is 5.56 Å². The Hall–Kier alpha value is -1.35. The van der Waals surface area contributed by atoms with E-state index in [9.17, 15) is 9.90 Å². The Kier molecular flexibility index (Phi) is 3.48. The molecule has 0 aliphatic rings. The summed E-state index contributed by atoms with van der Waals surface area (Å²) in [5, 5.41) is 9.82. The van der Waals surface area contributed by atoms with Crippen LogP contribution < -0.4 is 0 Å². The number of rotatable bonds is 3. The molecule has 1 atom stereocenters. The van der Waals surface area contributed by atoms with Crippen molar-refractivity contribution in [2.45, 2.75) is 25.4 Å². The molecule has 3 nitrogen and oxygen atoms in total. The summed E-state index contributed by atoms with van der Waals surface area (Å²) >= 11 is 0. The second-order valence-electron chi connectivity index (χ2n) is 4.01. The zero-order valence-corrected chi connectivity index (χ0v) is 9.23. The lowest BCUT2D eigenvalue weighted by Gasteiger charge is -2.29. The average molecular weight is 208 g/mol. The molecule has 0 heterocycles. The normalized spacial score (nSPS) is 13.3. The molecule has 3 heteroatoms. The largest absolute Gasteiger partial charge is 0.467 e. The van der Waals surface area contributed by atoms with Crippen LogP contribution in [0, 0.1) is 0 Å². The highest BCUT2D eigenvalue weighted by atomic mass is 16.5. The second-order valence-corrected chi connectivity index (χ2v) is 4.01. The molecule has 0 spiro atoms. The molecule has 0 saturated heterocycles. The van der Waals surface area contributed by atoms with Gasteiger partial charge in [0.1, 0.15) is 0 Å². The Labute approximate surface area is 89.7 Å². The summed E-state index contributed by atoms with van der Waals surface area (Å²) < 4.78 is 4.53. The summed E-state index contributed by atoms with van der Waals surface area (Å²) in [5.41, 5.74) is 0.261. The number of ether oxygens (including phenoxy) is 1. The topological polar surface area (TPSA) is 46.5 Å². The first-order valence-corrected chi connectivity index (χ1v) is 4.81. The molecule has 1 N–H and O–H groups in total. The SMILES string of the molecule is COC(=O)C(O)C(C)(C)c1ccccc1. The summed E-state index contributed by atoms with van der Waals surface area (Å²) in [6.07, 6.45) is -1.15. The van der Waals surface area contributed by atoms with E-state index in [4.69, 9.17) is 0 Å². The molecular weight excluding hydrogens is 192 g/mol. The molecule has 0 amide bonds. The lowest BCUT2D eigenvalue weighted by atomic mass is 9.79. The molecule has 1 aromatic rings. The zero-order valence-electron chi connectivity index (χ0n) is 9.23. The molecule has 0 fully saturated rings. The molecule has 1 rings (SSSR count). The van der Waals surface area contributed by atoms with E-state index < -0.39 is 17.5 Å². The predicted octanol–water partition coefficient (Wildman–Crippen LogP) is 1.50. The van der Waals surface area contributed by atoms with Crippen molar-refractivity contribution < 1.29 is 14.6 Å². The minimum absolute atomic E-state index is 0.608. The quantitative estimate of drug-likeness (QED) is 0.766. The number of aliphatic hydroxyl groups excluding tert-OH is 1. The van der Waals surface area contributed by atoms with E-state index in [0.717, 1.165) is 5.56 Å². The Morgan fingerprint density at radius 2 is 1.87 bits per heavy atom. The summed E-state index contributed by atoms with van der Waals surface area (Å²) in [4.78, 5) is 11.3. The molecular formula is C12H16O3. The van der Waals surface area contributed by atoms with E-state index in [0.29, 0.717) is 0 Å². The van der Waals surface area contributed by atoms with Gasteiger partial charge in [0.15, 0.2) is 6.10 Å². The van der Waals surface area contributed by atoms with Crippen molar-refractivity contribution in [1.82, 2.24) is 0 Å². The Morgan fingerprint density at radius 1 is 1.33 bits per heavy atom. The number of hydrogen-bond acceptors (Lipinski definition) is 3. The number of carbonyl (C=O) groups excluding carboxylic acids is 1. The van der Waals surface area contributed by atoms with Crippen LogP contribution in [0.4, 0.5) is 0 Å². The van der Waals surface area contributed by atoms with Crippen LogP contribution in [-0.2, 0) is 14.9 Å². The van der Waals surface area contributed by atoms with Crippen LogP contribution in [0.25, 0.3) is 0 Å². The molecule has 0 bridgehead atoms. The van der Waals surface area contributed by atoms with Crippen LogP contribution in [0.2, 0.25) is 0 Å². The van der Waals surface area contributed by atoms with Crippen LogP contribution in [0.3, 0.4) is 0 Å². The maximum absolute atomic E-state index is 11.3. The maximum atomic E-state index is 11.3. The van der Waals surface area contributed by atoms with Crippen molar-refractivity contribution in [3.05, 3.63) is 35.9 Å². The number of methoxy groups -OCH3 is 1. The van der Waals surface area contributed by atoms with Crippen molar-refractivity contribution in [3.63, 3.8) is 0 Å². The molecule has 15 heavy (non-hydrogen) atoms. The van der Waals surface area contributed by atoms with Gasteiger partial charge in [0.2, 0.25) is 0 Å². The van der Waals surface area contributed by atoms with Gasteiger partial charge in [-0.15, -0.1) is 0 Å². The van der Waals surface area contributed by atoms with Crippen molar-refractivity contribution >= 4 is 5.97 Å². The van der Waals surface area contributed by atoms with E-state index in [-0.39, 0.29) is 0 Å². The maximum Gasteiger partial charge on any atom is 0.335 e. The minimum Gasteiger partial charge on any atom is -0.467 e. The highest BCUT2D eigenvalue weighted by molar-refractivity contribution is 5.76. The van der Waals surface area contributed by atoms with Crippen LogP contribution in [0.5, 0.6) is 0 Å². The molecule has 0 aliphatic carbocycles. The number of aliphatic hydroxyl groups is 1. The third kappa shape index (κ3) is 2.36. The standard InChI is InChI=1S/C12H16O3/c1-12(2,10(13)11(14)15-3)9-7-5-4-6-8-9/h4-8,10,13H,1-3H3. The molecule has 0 aromatic heterocycles. The van der Waals surface area contributed by atoms with Crippen LogP contribution in [-0.4, -0.2) is 24.3 Å². The van der Waals surface area contributed by atoms with Crippen molar-refractivity contribution in [2.24, 2.45) is 0 Å². The van der Waals surface area contributed by atoms with E-state index in [1.54, 1.807) is 0 Å². The first-order valence-electron chi connectivity index (χ1n) is 4.81. The van der Waals surface area contributed by atoms with E-state index in [1.165, 1.54) is 7.11 Å². The van der Waals surface area contributed by atoms with Gasteiger partial charge in [0, 0.05) is 5.41 Å². The van der Waals surface area contributed by atoms with Gasteiger partial charge >= 0.3 is 5.97 Å². The second kappa shape index (κ2) is 4.45. The smallest absolute Gasteiger partial charge is 0.335 e. The zero-order chi connectivity index (χ0) is 11.5. The first-order chi connectivity index (χ1) is 7.00. The number of hydrogen-bond donors (Lipinski definition) is 1. The Morgan fingerprint density at radius 3 is 2.33 bits per heavy atom. The summed E-state index contributed by atoms with van der Waals surface area (Å²) in [5.74, 6) is -0.608. The first kappa shape index (κ1) is 11.7. The van der Waals surface area contributed by atoms with Gasteiger partial charge in [0.05, 0.1) is 7.11 Å². The van der Waals surface area contributed by atoms with Gasteiger partial charge in [-0.25, -0.2) is 4.79 Å². The summed E-state index contributed by atoms with van der Waals surface area (Å²) in [7, 11) is 1.27. The van der Waals surface area contributed by atoms with Gasteiger partial charge in [0.25, 0.3) is 0 Å².